The predicted molar refractivity (Wildman–Crippen MR) is 56.8 cm³/mol. The molecular formula is C9H13N3S. The molecule has 1 rings (SSSR count). The highest BCUT2D eigenvalue weighted by molar-refractivity contribution is 7.98. The van der Waals surface area contributed by atoms with Gasteiger partial charge in [0.25, 0.3) is 0 Å². The van der Waals surface area contributed by atoms with E-state index in [0.717, 1.165) is 17.3 Å². The summed E-state index contributed by atoms with van der Waals surface area (Å²) in [7, 11) is 1.91. The van der Waals surface area contributed by atoms with Crippen LogP contribution in [0.4, 0.5) is 0 Å². The van der Waals surface area contributed by atoms with Crippen molar-refractivity contribution in [3.63, 3.8) is 0 Å². The van der Waals surface area contributed by atoms with Gasteiger partial charge in [-0.15, -0.1) is 0 Å². The number of hydrogen-bond donors (Lipinski definition) is 1. The molecule has 1 aromatic heterocycles. The second-order valence-corrected chi connectivity index (χ2v) is 3.24. The van der Waals surface area contributed by atoms with Gasteiger partial charge in [0.2, 0.25) is 0 Å². The third-order valence-electron chi connectivity index (χ3n) is 1.46. The maximum atomic E-state index is 4.16. The molecule has 0 aliphatic heterocycles. The smallest absolute Gasteiger partial charge is 0.187 e. The van der Waals surface area contributed by atoms with Crippen LogP contribution in [-0.2, 0) is 0 Å². The quantitative estimate of drug-likeness (QED) is 0.582. The second-order valence-electron chi connectivity index (χ2n) is 2.46. The molecule has 0 amide bonds. The van der Waals surface area contributed by atoms with Gasteiger partial charge in [-0.1, -0.05) is 23.9 Å². The monoisotopic (exact) mass is 195 g/mol. The maximum Gasteiger partial charge on any atom is 0.187 e. The van der Waals surface area contributed by atoms with Gasteiger partial charge in [-0.2, -0.15) is 0 Å². The van der Waals surface area contributed by atoms with E-state index in [2.05, 4.69) is 15.3 Å². The van der Waals surface area contributed by atoms with Crippen molar-refractivity contribution in [1.29, 1.82) is 0 Å². The van der Waals surface area contributed by atoms with E-state index in [-0.39, 0.29) is 0 Å². The fourth-order valence-corrected chi connectivity index (χ4v) is 1.15. The molecule has 0 spiro atoms. The molecule has 0 aromatic carbocycles. The SMILES string of the molecule is CNCC=Cc1cnc(SC)nc1. The van der Waals surface area contributed by atoms with Crippen LogP contribution in [0.15, 0.2) is 23.6 Å². The van der Waals surface area contributed by atoms with Crippen LogP contribution in [-0.4, -0.2) is 29.8 Å². The number of aromatic nitrogens is 2. The Morgan fingerprint density at radius 1 is 1.46 bits per heavy atom. The molecule has 70 valence electrons. The van der Waals surface area contributed by atoms with E-state index in [1.165, 1.54) is 0 Å². The van der Waals surface area contributed by atoms with Crippen molar-refractivity contribution in [2.75, 3.05) is 19.8 Å². The third kappa shape index (κ3) is 3.57. The lowest BCUT2D eigenvalue weighted by atomic mass is 10.3. The van der Waals surface area contributed by atoms with Gasteiger partial charge in [0.05, 0.1) is 0 Å². The lowest BCUT2D eigenvalue weighted by Crippen LogP contribution is -2.03. The molecule has 0 radical (unpaired) electrons. The molecule has 0 atom stereocenters. The summed E-state index contributed by atoms with van der Waals surface area (Å²) < 4.78 is 0. The lowest BCUT2D eigenvalue weighted by molar-refractivity contribution is 0.921. The Bertz CT molecular complexity index is 269. The van der Waals surface area contributed by atoms with E-state index in [1.807, 2.05) is 37.8 Å². The average Bonchev–Trinajstić information content (AvgIpc) is 2.19. The van der Waals surface area contributed by atoms with Gasteiger partial charge in [0, 0.05) is 24.5 Å². The number of nitrogens with one attached hydrogen (secondary N) is 1. The average molecular weight is 195 g/mol. The van der Waals surface area contributed by atoms with Gasteiger partial charge in [-0.3, -0.25) is 0 Å². The van der Waals surface area contributed by atoms with E-state index in [9.17, 15) is 0 Å². The summed E-state index contributed by atoms with van der Waals surface area (Å²) in [5.41, 5.74) is 1.04. The highest BCUT2D eigenvalue weighted by atomic mass is 32.2. The summed E-state index contributed by atoms with van der Waals surface area (Å²) in [6, 6.07) is 0. The predicted octanol–water partition coefficient (Wildman–Crippen LogP) is 1.43. The standard InChI is InChI=1S/C9H13N3S/c1-10-5-3-4-8-6-11-9(13-2)12-7-8/h3-4,6-7,10H,5H2,1-2H3. The normalized spacial score (nSPS) is 10.9. The van der Waals surface area contributed by atoms with Crippen LogP contribution in [0.1, 0.15) is 5.56 Å². The van der Waals surface area contributed by atoms with Gasteiger partial charge >= 0.3 is 0 Å². The van der Waals surface area contributed by atoms with Gasteiger partial charge in [0.1, 0.15) is 0 Å². The van der Waals surface area contributed by atoms with Crippen molar-refractivity contribution < 1.29 is 0 Å². The van der Waals surface area contributed by atoms with Crippen LogP contribution in [0.5, 0.6) is 0 Å². The molecule has 1 heterocycles. The van der Waals surface area contributed by atoms with E-state index in [4.69, 9.17) is 0 Å². The first kappa shape index (κ1) is 10.2. The molecule has 4 heteroatoms. The summed E-state index contributed by atoms with van der Waals surface area (Å²) in [5.74, 6) is 0. The Balaban J connectivity index is 2.58. The second kappa shape index (κ2) is 5.72. The summed E-state index contributed by atoms with van der Waals surface area (Å²) in [5, 5.41) is 3.84. The first-order valence-corrected chi connectivity index (χ1v) is 5.26. The zero-order valence-corrected chi connectivity index (χ0v) is 8.64. The lowest BCUT2D eigenvalue weighted by Gasteiger charge is -1.94. The summed E-state index contributed by atoms with van der Waals surface area (Å²) in [6.07, 6.45) is 9.65. The van der Waals surface area contributed by atoms with Gasteiger partial charge < -0.3 is 5.32 Å². The zero-order valence-electron chi connectivity index (χ0n) is 7.82. The minimum absolute atomic E-state index is 0.811. The van der Waals surface area contributed by atoms with E-state index < -0.39 is 0 Å². The largest absolute Gasteiger partial charge is 0.316 e. The van der Waals surface area contributed by atoms with Crippen molar-refractivity contribution in [2.24, 2.45) is 0 Å². The van der Waals surface area contributed by atoms with Crippen LogP contribution in [0, 0.1) is 0 Å². The molecule has 1 aromatic rings. The molecule has 0 saturated heterocycles. The first-order valence-electron chi connectivity index (χ1n) is 4.04. The fraction of sp³-hybridized carbons (Fsp3) is 0.333. The van der Waals surface area contributed by atoms with Crippen molar-refractivity contribution in [1.82, 2.24) is 15.3 Å². The van der Waals surface area contributed by atoms with Crippen molar-refractivity contribution in [2.45, 2.75) is 5.16 Å². The van der Waals surface area contributed by atoms with Crippen LogP contribution in [0.2, 0.25) is 0 Å². The molecule has 1 N–H and O–H groups in total. The number of rotatable bonds is 4. The van der Waals surface area contributed by atoms with Crippen LogP contribution >= 0.6 is 11.8 Å². The van der Waals surface area contributed by atoms with Crippen molar-refractivity contribution in [3.05, 3.63) is 24.0 Å². The Kier molecular flexibility index (Phi) is 4.49. The Morgan fingerprint density at radius 3 is 2.69 bits per heavy atom. The molecule has 0 fully saturated rings. The number of hydrogen-bond acceptors (Lipinski definition) is 4. The van der Waals surface area contributed by atoms with E-state index in [0.29, 0.717) is 0 Å². The fourth-order valence-electron chi connectivity index (χ4n) is 0.831. The Labute approximate surface area is 82.7 Å². The molecule has 0 saturated carbocycles. The molecule has 0 aliphatic carbocycles. The molecule has 0 bridgehead atoms. The molecular weight excluding hydrogens is 182 g/mol. The molecule has 3 nitrogen and oxygen atoms in total. The third-order valence-corrected chi connectivity index (χ3v) is 2.04. The van der Waals surface area contributed by atoms with Gasteiger partial charge in [-0.05, 0) is 13.3 Å². The van der Waals surface area contributed by atoms with Gasteiger partial charge in [-0.25, -0.2) is 9.97 Å². The molecule has 13 heavy (non-hydrogen) atoms. The van der Waals surface area contributed by atoms with Crippen LogP contribution < -0.4 is 5.32 Å². The van der Waals surface area contributed by atoms with E-state index >= 15 is 0 Å². The first-order chi connectivity index (χ1) is 6.36. The Hall–Kier alpha value is -0.870. The topological polar surface area (TPSA) is 37.8 Å². The summed E-state index contributed by atoms with van der Waals surface area (Å²) in [6.45, 7) is 0.865. The number of likely N-dealkylation sites (N-methyl/N-ethyl adjacent to an activating group) is 1. The van der Waals surface area contributed by atoms with Crippen LogP contribution in [0.25, 0.3) is 6.08 Å². The molecule has 0 unspecified atom stereocenters. The zero-order chi connectivity index (χ0) is 9.52. The van der Waals surface area contributed by atoms with E-state index in [1.54, 1.807) is 11.8 Å². The number of nitrogens with zero attached hydrogens (tertiary/aromatic N) is 2. The summed E-state index contributed by atoms with van der Waals surface area (Å²) >= 11 is 1.55. The van der Waals surface area contributed by atoms with Crippen LogP contribution in [0.3, 0.4) is 0 Å². The highest BCUT2D eigenvalue weighted by Gasteiger charge is 1.91. The minimum Gasteiger partial charge on any atom is -0.316 e. The van der Waals surface area contributed by atoms with Crippen molar-refractivity contribution >= 4 is 17.8 Å². The summed E-state index contributed by atoms with van der Waals surface area (Å²) in [4.78, 5) is 8.31. The van der Waals surface area contributed by atoms with Gasteiger partial charge in [0.15, 0.2) is 5.16 Å². The Morgan fingerprint density at radius 2 is 2.15 bits per heavy atom. The number of thioether (sulfide) groups is 1. The molecule has 0 aliphatic rings. The maximum absolute atomic E-state index is 4.16. The van der Waals surface area contributed by atoms with Crippen molar-refractivity contribution in [3.8, 4) is 0 Å². The highest BCUT2D eigenvalue weighted by Crippen LogP contribution is 2.07. The minimum atomic E-state index is 0.811.